The maximum Gasteiger partial charge on any atom is 0.339 e. The van der Waals surface area contributed by atoms with Gasteiger partial charge in [0.2, 0.25) is 11.9 Å². The third kappa shape index (κ3) is 6.24. The van der Waals surface area contributed by atoms with Crippen LogP contribution in [0.1, 0.15) is 37.0 Å². The number of carbonyl (C=O) groups excluding carboxylic acids is 2. The second-order valence-electron chi connectivity index (χ2n) is 8.20. The fraction of sp³-hybridized carbons (Fsp3) is 0.320. The van der Waals surface area contributed by atoms with Crippen LogP contribution in [0, 0.1) is 0 Å². The van der Waals surface area contributed by atoms with Crippen molar-refractivity contribution in [2.45, 2.75) is 32.7 Å². The number of anilines is 3. The van der Waals surface area contributed by atoms with Gasteiger partial charge in [-0.15, -0.1) is 0 Å². The van der Waals surface area contributed by atoms with E-state index in [4.69, 9.17) is 21.3 Å². The largest absolute Gasteiger partial charge is 0.462 e. The van der Waals surface area contributed by atoms with E-state index in [0.29, 0.717) is 46.6 Å². The van der Waals surface area contributed by atoms with Gasteiger partial charge in [-0.25, -0.2) is 9.78 Å². The summed E-state index contributed by atoms with van der Waals surface area (Å²) >= 11 is 6.11. The van der Waals surface area contributed by atoms with Crippen molar-refractivity contribution in [2.75, 3.05) is 30.3 Å². The van der Waals surface area contributed by atoms with Crippen molar-refractivity contribution in [2.24, 2.45) is 0 Å². The van der Waals surface area contributed by atoms with Gasteiger partial charge in [0.15, 0.2) is 0 Å². The van der Waals surface area contributed by atoms with Gasteiger partial charge in [-0.1, -0.05) is 17.7 Å². The fourth-order valence-electron chi connectivity index (χ4n) is 3.90. The first-order valence-corrected chi connectivity index (χ1v) is 11.8. The molecule has 1 fully saturated rings. The van der Waals surface area contributed by atoms with Gasteiger partial charge >= 0.3 is 5.97 Å². The van der Waals surface area contributed by atoms with E-state index >= 15 is 0 Å². The monoisotopic (exact) mass is 494 g/mol. The summed E-state index contributed by atoms with van der Waals surface area (Å²) in [7, 11) is 0. The zero-order valence-corrected chi connectivity index (χ0v) is 20.4. The van der Waals surface area contributed by atoms with Gasteiger partial charge in [0.05, 0.1) is 12.2 Å². The van der Waals surface area contributed by atoms with Crippen LogP contribution in [0.4, 0.5) is 17.5 Å². The van der Waals surface area contributed by atoms with Crippen molar-refractivity contribution < 1.29 is 14.3 Å². The summed E-state index contributed by atoms with van der Waals surface area (Å²) in [5, 5.41) is 7.30. The number of nitrogens with zero attached hydrogens (tertiary/aromatic N) is 4. The highest BCUT2D eigenvalue weighted by Gasteiger charge is 2.23. The molecule has 1 aromatic carbocycles. The molecule has 3 heterocycles. The van der Waals surface area contributed by atoms with Gasteiger partial charge in [0.1, 0.15) is 5.82 Å². The molecule has 4 rings (SSSR count). The first-order chi connectivity index (χ1) is 16.9. The number of ether oxygens (including phenoxy) is 1. The summed E-state index contributed by atoms with van der Waals surface area (Å²) in [6.07, 6.45) is 6.41. The van der Waals surface area contributed by atoms with E-state index in [1.807, 2.05) is 17.0 Å². The Morgan fingerprint density at radius 2 is 1.97 bits per heavy atom. The minimum absolute atomic E-state index is 0.0843. The van der Waals surface area contributed by atoms with Crippen LogP contribution in [0.3, 0.4) is 0 Å². The third-order valence-electron chi connectivity index (χ3n) is 5.71. The zero-order chi connectivity index (χ0) is 24.8. The van der Waals surface area contributed by atoms with Crippen LogP contribution >= 0.6 is 11.6 Å². The number of likely N-dealkylation sites (tertiary alicyclic amines) is 1. The lowest BCUT2D eigenvalue weighted by Gasteiger charge is -2.32. The van der Waals surface area contributed by atoms with Crippen molar-refractivity contribution in [1.29, 1.82) is 0 Å². The number of benzene rings is 1. The molecule has 9 nitrogen and oxygen atoms in total. The van der Waals surface area contributed by atoms with Crippen LogP contribution in [-0.2, 0) is 9.53 Å². The Morgan fingerprint density at radius 1 is 1.17 bits per heavy atom. The molecule has 182 valence electrons. The molecule has 3 aromatic rings. The summed E-state index contributed by atoms with van der Waals surface area (Å²) in [4.78, 5) is 39.2. The Balaban J connectivity index is 1.64. The second kappa shape index (κ2) is 11.1. The summed E-state index contributed by atoms with van der Waals surface area (Å²) in [6, 6.07) is 9.14. The average molecular weight is 495 g/mol. The topological polar surface area (TPSA) is 109 Å². The molecule has 0 bridgehead atoms. The van der Waals surface area contributed by atoms with Crippen LogP contribution in [0.15, 0.2) is 48.9 Å². The summed E-state index contributed by atoms with van der Waals surface area (Å²) in [5.74, 6) is 0.650. The van der Waals surface area contributed by atoms with E-state index in [9.17, 15) is 9.59 Å². The number of aromatic nitrogens is 3. The highest BCUT2D eigenvalue weighted by atomic mass is 35.5. The van der Waals surface area contributed by atoms with E-state index in [-0.39, 0.29) is 18.6 Å². The second-order valence-corrected chi connectivity index (χ2v) is 8.64. The third-order valence-corrected chi connectivity index (χ3v) is 5.95. The summed E-state index contributed by atoms with van der Waals surface area (Å²) < 4.78 is 5.12. The van der Waals surface area contributed by atoms with Crippen LogP contribution < -0.4 is 10.6 Å². The van der Waals surface area contributed by atoms with Crippen molar-refractivity contribution in [1.82, 2.24) is 19.9 Å². The first kappa shape index (κ1) is 24.4. The lowest BCUT2D eigenvalue weighted by Crippen LogP contribution is -2.41. The first-order valence-electron chi connectivity index (χ1n) is 11.5. The fourth-order valence-corrected chi connectivity index (χ4v) is 4.09. The van der Waals surface area contributed by atoms with Crippen molar-refractivity contribution in [3.63, 3.8) is 0 Å². The molecule has 1 amide bonds. The van der Waals surface area contributed by atoms with Gasteiger partial charge in [-0.05, 0) is 44.0 Å². The smallest absolute Gasteiger partial charge is 0.339 e. The molecule has 0 unspecified atom stereocenters. The average Bonchev–Trinajstić information content (AvgIpc) is 2.85. The molecule has 1 aliphatic rings. The van der Waals surface area contributed by atoms with Crippen molar-refractivity contribution in [3.8, 4) is 11.1 Å². The van der Waals surface area contributed by atoms with E-state index in [1.165, 1.54) is 6.20 Å². The van der Waals surface area contributed by atoms with Crippen LogP contribution in [0.2, 0.25) is 5.02 Å². The zero-order valence-electron chi connectivity index (χ0n) is 19.6. The van der Waals surface area contributed by atoms with Crippen molar-refractivity contribution in [3.05, 3.63) is 59.5 Å². The molecule has 1 saturated heterocycles. The minimum Gasteiger partial charge on any atom is -0.462 e. The predicted molar refractivity (Wildman–Crippen MR) is 135 cm³/mol. The Labute approximate surface area is 208 Å². The normalized spacial score (nSPS) is 13.9. The molecule has 2 aromatic heterocycles. The lowest BCUT2D eigenvalue weighted by atomic mass is 10.0. The maximum atomic E-state index is 12.2. The predicted octanol–water partition coefficient (Wildman–Crippen LogP) is 4.54. The van der Waals surface area contributed by atoms with Crippen LogP contribution in [0.25, 0.3) is 11.1 Å². The molecule has 0 aliphatic carbocycles. The number of pyridine rings is 1. The number of rotatable bonds is 7. The molecule has 0 spiro atoms. The minimum atomic E-state index is -0.437. The SMILES string of the molecule is CCOC(=O)c1cncc(-c2cnc(Nc3cccc(Cl)c3)nc2NC2CCN(C(C)=O)CC2)c1. The number of hydrogen-bond donors (Lipinski definition) is 2. The van der Waals surface area contributed by atoms with E-state index in [0.717, 1.165) is 18.5 Å². The molecule has 10 heteroatoms. The molecule has 1 aliphatic heterocycles. The van der Waals surface area contributed by atoms with Gasteiger partial charge in [0, 0.05) is 66.5 Å². The molecule has 35 heavy (non-hydrogen) atoms. The molecule has 0 radical (unpaired) electrons. The quantitative estimate of drug-likeness (QED) is 0.461. The molecule has 0 saturated carbocycles. The van der Waals surface area contributed by atoms with E-state index in [2.05, 4.69) is 20.6 Å². The standard InChI is InChI=1S/C25H27ClN6O3/c1-3-35-24(34)18-11-17(13-27-14-18)22-15-28-25(30-21-6-4-5-19(26)12-21)31-23(22)29-20-7-9-32(10-8-20)16(2)33/h4-6,11-15,20H,3,7-10H2,1-2H3,(H2,28,29,30,31). The maximum absolute atomic E-state index is 12.2. The summed E-state index contributed by atoms with van der Waals surface area (Å²) in [6.45, 7) is 4.99. The Bertz CT molecular complexity index is 1210. The van der Waals surface area contributed by atoms with E-state index < -0.39 is 5.97 Å². The van der Waals surface area contributed by atoms with Gasteiger partial charge in [0.25, 0.3) is 0 Å². The van der Waals surface area contributed by atoms with Crippen LogP contribution in [0.5, 0.6) is 0 Å². The molecular formula is C25H27ClN6O3. The number of piperidine rings is 1. The number of esters is 1. The summed E-state index contributed by atoms with van der Waals surface area (Å²) in [5.41, 5.74) is 2.51. The molecule has 0 atom stereocenters. The number of carbonyl (C=O) groups is 2. The van der Waals surface area contributed by atoms with Crippen LogP contribution in [-0.4, -0.2) is 57.5 Å². The number of hydrogen-bond acceptors (Lipinski definition) is 8. The Morgan fingerprint density at radius 3 is 2.69 bits per heavy atom. The highest BCUT2D eigenvalue weighted by molar-refractivity contribution is 6.30. The molecular weight excluding hydrogens is 468 g/mol. The van der Waals surface area contributed by atoms with Gasteiger partial charge in [-0.3, -0.25) is 9.78 Å². The number of nitrogens with one attached hydrogen (secondary N) is 2. The molecule has 2 N–H and O–H groups in total. The lowest BCUT2D eigenvalue weighted by molar-refractivity contribution is -0.129. The Kier molecular flexibility index (Phi) is 7.77. The van der Waals surface area contributed by atoms with Crippen molar-refractivity contribution >= 4 is 40.9 Å². The number of amides is 1. The van der Waals surface area contributed by atoms with Gasteiger partial charge < -0.3 is 20.3 Å². The Hall–Kier alpha value is -3.72. The highest BCUT2D eigenvalue weighted by Crippen LogP contribution is 2.30. The van der Waals surface area contributed by atoms with E-state index in [1.54, 1.807) is 44.4 Å². The van der Waals surface area contributed by atoms with Gasteiger partial charge in [-0.2, -0.15) is 4.98 Å². The number of halogens is 1.